The van der Waals surface area contributed by atoms with Crippen molar-refractivity contribution in [3.8, 4) is 5.75 Å². The van der Waals surface area contributed by atoms with Gasteiger partial charge in [0.2, 0.25) is 0 Å². The van der Waals surface area contributed by atoms with Gasteiger partial charge in [-0.15, -0.1) is 0 Å². The molecule has 0 bridgehead atoms. The van der Waals surface area contributed by atoms with E-state index in [-0.39, 0.29) is 11.3 Å². The fraction of sp³-hybridized carbons (Fsp3) is 0.200. The van der Waals surface area contributed by atoms with Gasteiger partial charge < -0.3 is 15.2 Å². The first-order valence-corrected chi connectivity index (χ1v) is 4.80. The lowest BCUT2D eigenvalue weighted by Gasteiger charge is -2.06. The summed E-state index contributed by atoms with van der Waals surface area (Å²) < 4.78 is 4.77. The molecule has 1 amide bonds. The van der Waals surface area contributed by atoms with Crippen molar-refractivity contribution in [1.29, 1.82) is 0 Å². The highest BCUT2D eigenvalue weighted by Crippen LogP contribution is 2.27. The van der Waals surface area contributed by atoms with E-state index in [0.717, 1.165) is 12.1 Å². The van der Waals surface area contributed by atoms with Crippen LogP contribution in [0, 0.1) is 10.1 Å². The summed E-state index contributed by atoms with van der Waals surface area (Å²) in [5.74, 6) is -1.98. The quantitative estimate of drug-likeness (QED) is 0.580. The second-order valence-corrected chi connectivity index (χ2v) is 3.20. The molecule has 0 unspecified atom stereocenters. The van der Waals surface area contributed by atoms with Crippen LogP contribution in [0.15, 0.2) is 18.2 Å². The number of carbonyl (C=O) groups excluding carboxylic acids is 1. The van der Waals surface area contributed by atoms with Crippen LogP contribution >= 0.6 is 0 Å². The molecule has 1 rings (SSSR count). The van der Waals surface area contributed by atoms with Crippen LogP contribution in [0.5, 0.6) is 5.75 Å². The number of benzene rings is 1. The molecule has 0 saturated carbocycles. The van der Waals surface area contributed by atoms with Crippen molar-refractivity contribution in [3.63, 3.8) is 0 Å². The number of nitrogens with one attached hydrogen (secondary N) is 1. The highest BCUT2D eigenvalue weighted by Gasteiger charge is 2.18. The lowest BCUT2D eigenvalue weighted by molar-refractivity contribution is -0.385. The van der Waals surface area contributed by atoms with Crippen molar-refractivity contribution in [2.75, 3.05) is 13.7 Å². The van der Waals surface area contributed by atoms with Gasteiger partial charge in [0, 0.05) is 24.7 Å². The lowest BCUT2D eigenvalue weighted by Crippen LogP contribution is -2.18. The van der Waals surface area contributed by atoms with E-state index >= 15 is 0 Å². The highest BCUT2D eigenvalue weighted by atomic mass is 16.6. The van der Waals surface area contributed by atoms with Crippen LogP contribution in [0.2, 0.25) is 0 Å². The van der Waals surface area contributed by atoms with Crippen LogP contribution < -0.4 is 10.1 Å². The molecule has 0 aliphatic heterocycles. The third kappa shape index (κ3) is 3.17. The minimum atomic E-state index is -1.27. The van der Waals surface area contributed by atoms with Crippen molar-refractivity contribution >= 4 is 17.6 Å². The average molecular weight is 254 g/mol. The molecule has 0 heterocycles. The van der Waals surface area contributed by atoms with E-state index < -0.39 is 29.1 Å². The molecule has 0 saturated heterocycles. The van der Waals surface area contributed by atoms with Crippen LogP contribution in [-0.2, 0) is 4.79 Å². The molecule has 18 heavy (non-hydrogen) atoms. The van der Waals surface area contributed by atoms with Crippen molar-refractivity contribution in [2.24, 2.45) is 0 Å². The van der Waals surface area contributed by atoms with Crippen molar-refractivity contribution in [2.45, 2.75) is 0 Å². The number of ether oxygens (including phenoxy) is 1. The first-order chi connectivity index (χ1) is 8.45. The van der Waals surface area contributed by atoms with Gasteiger partial charge in [0.25, 0.3) is 5.91 Å². The number of rotatable bonds is 5. The number of carbonyl (C=O) groups is 2. The Morgan fingerprint density at radius 2 is 2.17 bits per heavy atom. The van der Waals surface area contributed by atoms with Crippen LogP contribution in [0.25, 0.3) is 0 Å². The Bertz CT molecular complexity index is 499. The third-order valence-electron chi connectivity index (χ3n) is 2.00. The van der Waals surface area contributed by atoms with Gasteiger partial charge in [-0.3, -0.25) is 14.9 Å². The van der Waals surface area contributed by atoms with Gasteiger partial charge in [-0.05, 0) is 6.07 Å². The SMILES string of the molecule is CNC(=O)c1ccc([N+](=O)[O-])c(OCC(=O)O)c1. The van der Waals surface area contributed by atoms with E-state index in [0.29, 0.717) is 0 Å². The summed E-state index contributed by atoms with van der Waals surface area (Å²) in [4.78, 5) is 31.7. The van der Waals surface area contributed by atoms with Gasteiger partial charge in [-0.1, -0.05) is 0 Å². The standard InChI is InChI=1S/C10H10N2O6/c1-11-10(15)6-2-3-7(12(16)17)8(4-6)18-5-9(13)14/h2-4H,5H2,1H3,(H,11,15)(H,13,14). The molecule has 0 aliphatic carbocycles. The zero-order valence-corrected chi connectivity index (χ0v) is 9.37. The maximum atomic E-state index is 11.3. The number of nitro benzene ring substituents is 1. The molecular weight excluding hydrogens is 244 g/mol. The molecule has 96 valence electrons. The smallest absolute Gasteiger partial charge is 0.341 e. The molecule has 8 heteroatoms. The molecule has 8 nitrogen and oxygen atoms in total. The molecule has 0 spiro atoms. The number of aliphatic carboxylic acids is 1. The van der Waals surface area contributed by atoms with Gasteiger partial charge in [0.1, 0.15) is 0 Å². The lowest BCUT2D eigenvalue weighted by atomic mass is 10.2. The van der Waals surface area contributed by atoms with Gasteiger partial charge in [0.15, 0.2) is 12.4 Å². The van der Waals surface area contributed by atoms with Gasteiger partial charge in [-0.25, -0.2) is 4.79 Å². The Hall–Kier alpha value is -2.64. The van der Waals surface area contributed by atoms with E-state index in [4.69, 9.17) is 9.84 Å². The number of nitrogens with zero attached hydrogens (tertiary/aromatic N) is 1. The fourth-order valence-corrected chi connectivity index (χ4v) is 1.21. The Kier molecular flexibility index (Phi) is 4.19. The average Bonchev–Trinajstić information content (AvgIpc) is 2.34. The molecule has 1 aromatic carbocycles. The summed E-state index contributed by atoms with van der Waals surface area (Å²) in [6.07, 6.45) is 0. The van der Waals surface area contributed by atoms with Gasteiger partial charge in [-0.2, -0.15) is 0 Å². The first-order valence-electron chi connectivity index (χ1n) is 4.80. The van der Waals surface area contributed by atoms with Crippen LogP contribution in [0.4, 0.5) is 5.69 Å². The maximum absolute atomic E-state index is 11.3. The molecular formula is C10H10N2O6. The van der Waals surface area contributed by atoms with Crippen LogP contribution in [-0.4, -0.2) is 35.6 Å². The summed E-state index contributed by atoms with van der Waals surface area (Å²) in [6.45, 7) is -0.724. The number of hydrogen-bond acceptors (Lipinski definition) is 5. The van der Waals surface area contributed by atoms with Crippen LogP contribution in [0.3, 0.4) is 0 Å². The predicted molar refractivity (Wildman–Crippen MR) is 59.6 cm³/mol. The molecule has 0 aliphatic rings. The Labute approximate surface area is 101 Å². The van der Waals surface area contributed by atoms with Crippen molar-refractivity contribution in [3.05, 3.63) is 33.9 Å². The first kappa shape index (κ1) is 13.4. The van der Waals surface area contributed by atoms with Gasteiger partial charge >= 0.3 is 11.7 Å². The third-order valence-corrected chi connectivity index (χ3v) is 2.00. The molecule has 0 fully saturated rings. The van der Waals surface area contributed by atoms with E-state index in [1.54, 1.807) is 0 Å². The largest absolute Gasteiger partial charge is 0.479 e. The summed E-state index contributed by atoms with van der Waals surface area (Å²) in [5, 5.41) is 21.5. The number of carboxylic acids is 1. The Morgan fingerprint density at radius 3 is 2.67 bits per heavy atom. The molecule has 2 N–H and O–H groups in total. The maximum Gasteiger partial charge on any atom is 0.341 e. The second-order valence-electron chi connectivity index (χ2n) is 3.20. The van der Waals surface area contributed by atoms with Crippen LogP contribution in [0.1, 0.15) is 10.4 Å². The molecule has 0 radical (unpaired) electrons. The van der Waals surface area contributed by atoms with Gasteiger partial charge in [0.05, 0.1) is 4.92 Å². The summed E-state index contributed by atoms with van der Waals surface area (Å²) >= 11 is 0. The normalized spacial score (nSPS) is 9.61. The molecule has 0 atom stereocenters. The molecule has 1 aromatic rings. The Morgan fingerprint density at radius 1 is 1.50 bits per heavy atom. The second kappa shape index (κ2) is 5.62. The van der Waals surface area contributed by atoms with E-state index in [9.17, 15) is 19.7 Å². The predicted octanol–water partition coefficient (Wildman–Crippen LogP) is 0.418. The monoisotopic (exact) mass is 254 g/mol. The van der Waals surface area contributed by atoms with E-state index in [2.05, 4.69) is 5.32 Å². The topological polar surface area (TPSA) is 119 Å². The fourth-order valence-electron chi connectivity index (χ4n) is 1.21. The summed E-state index contributed by atoms with van der Waals surface area (Å²) in [7, 11) is 1.40. The minimum Gasteiger partial charge on any atom is -0.479 e. The molecule has 0 aromatic heterocycles. The Balaban J connectivity index is 3.11. The van der Waals surface area contributed by atoms with Crippen molar-refractivity contribution < 1.29 is 24.4 Å². The summed E-state index contributed by atoms with van der Waals surface area (Å²) in [6, 6.07) is 3.46. The number of hydrogen-bond donors (Lipinski definition) is 2. The minimum absolute atomic E-state index is 0.142. The van der Waals surface area contributed by atoms with E-state index in [1.165, 1.54) is 13.1 Å². The highest BCUT2D eigenvalue weighted by molar-refractivity contribution is 5.94. The number of amides is 1. The zero-order chi connectivity index (χ0) is 13.7. The number of nitro groups is 1. The zero-order valence-electron chi connectivity index (χ0n) is 9.37. The summed E-state index contributed by atoms with van der Waals surface area (Å²) in [5.41, 5.74) is -0.257. The number of carboxylic acid groups (broad SMARTS) is 1. The van der Waals surface area contributed by atoms with E-state index in [1.807, 2.05) is 0 Å². The van der Waals surface area contributed by atoms with Crippen molar-refractivity contribution in [1.82, 2.24) is 5.32 Å².